The molecule has 2 N–H and O–H groups in total. The predicted octanol–water partition coefficient (Wildman–Crippen LogP) is 0.661. The number of hydrogen-bond donors (Lipinski definition) is 2. The molecule has 0 aromatic carbocycles. The highest BCUT2D eigenvalue weighted by atomic mass is 35.5. The number of amides is 1. The summed E-state index contributed by atoms with van der Waals surface area (Å²) in [7, 11) is 1.61. The number of carbonyl (C=O) groups is 1. The fourth-order valence-electron chi connectivity index (χ4n) is 2.04. The third kappa shape index (κ3) is 3.11. The Hall–Kier alpha value is -1.33. The maximum atomic E-state index is 11.4. The van der Waals surface area contributed by atoms with Crippen LogP contribution < -0.4 is 15.5 Å². The molecule has 0 radical (unpaired) electrons. The summed E-state index contributed by atoms with van der Waals surface area (Å²) in [6.07, 6.45) is 1.77. The zero-order chi connectivity index (χ0) is 12.3. The van der Waals surface area contributed by atoms with E-state index in [1.807, 2.05) is 6.07 Å². The first-order valence-electron chi connectivity index (χ1n) is 5.88. The lowest BCUT2D eigenvalue weighted by molar-refractivity contribution is 0.0958. The molecule has 1 fully saturated rings. The van der Waals surface area contributed by atoms with Gasteiger partial charge in [0.15, 0.2) is 0 Å². The molecule has 0 unspecified atom stereocenters. The summed E-state index contributed by atoms with van der Waals surface area (Å²) >= 11 is 0. The first kappa shape index (κ1) is 14.7. The van der Waals surface area contributed by atoms with Gasteiger partial charge in [-0.3, -0.25) is 4.79 Å². The van der Waals surface area contributed by atoms with Crippen LogP contribution in [0, 0.1) is 0 Å². The Balaban J connectivity index is 0.00000162. The largest absolute Gasteiger partial charge is 0.365 e. The summed E-state index contributed by atoms with van der Waals surface area (Å²) in [6.45, 7) is 5.12. The maximum Gasteiger partial charge on any atom is 0.269 e. The predicted molar refractivity (Wildman–Crippen MR) is 74.6 cm³/mol. The molecule has 1 aromatic rings. The quantitative estimate of drug-likeness (QED) is 0.829. The third-order valence-corrected chi connectivity index (χ3v) is 3.04. The molecule has 100 valence electrons. The number of nitrogens with zero attached hydrogens (tertiary/aromatic N) is 2. The van der Waals surface area contributed by atoms with Crippen molar-refractivity contribution in [2.75, 3.05) is 31.6 Å². The second-order valence-corrected chi connectivity index (χ2v) is 4.23. The Labute approximate surface area is 113 Å². The molecular weight excluding hydrogens is 252 g/mol. The van der Waals surface area contributed by atoms with Gasteiger partial charge in [0, 0.05) is 32.7 Å². The Morgan fingerprint density at radius 1 is 1.56 bits per heavy atom. The van der Waals surface area contributed by atoms with Crippen LogP contribution in [0.4, 0.5) is 5.69 Å². The first-order chi connectivity index (χ1) is 8.22. The van der Waals surface area contributed by atoms with E-state index in [4.69, 9.17) is 0 Å². The smallest absolute Gasteiger partial charge is 0.269 e. The molecule has 0 aliphatic carbocycles. The lowest BCUT2D eigenvalue weighted by Gasteiger charge is -2.35. The van der Waals surface area contributed by atoms with Gasteiger partial charge in [0.05, 0.1) is 11.9 Å². The van der Waals surface area contributed by atoms with Crippen molar-refractivity contribution in [2.24, 2.45) is 0 Å². The van der Waals surface area contributed by atoms with Gasteiger partial charge < -0.3 is 15.5 Å². The SMILES string of the molecule is CNC(=O)c1ccc(N2CCNC[C@H]2C)cn1.Cl. The molecule has 6 heteroatoms. The average Bonchev–Trinajstić information content (AvgIpc) is 2.39. The number of piperazine rings is 1. The number of nitrogens with one attached hydrogen (secondary N) is 2. The molecule has 1 saturated heterocycles. The van der Waals surface area contributed by atoms with Crippen molar-refractivity contribution in [1.82, 2.24) is 15.6 Å². The van der Waals surface area contributed by atoms with E-state index in [1.165, 1.54) is 0 Å². The van der Waals surface area contributed by atoms with E-state index in [0.717, 1.165) is 25.3 Å². The maximum absolute atomic E-state index is 11.4. The average molecular weight is 271 g/mol. The van der Waals surface area contributed by atoms with E-state index in [-0.39, 0.29) is 18.3 Å². The van der Waals surface area contributed by atoms with Gasteiger partial charge in [-0.25, -0.2) is 4.98 Å². The van der Waals surface area contributed by atoms with Crippen LogP contribution in [0.1, 0.15) is 17.4 Å². The van der Waals surface area contributed by atoms with Crippen LogP contribution in [-0.2, 0) is 0 Å². The number of carbonyl (C=O) groups excluding carboxylic acids is 1. The van der Waals surface area contributed by atoms with Crippen molar-refractivity contribution in [2.45, 2.75) is 13.0 Å². The summed E-state index contributed by atoms with van der Waals surface area (Å²) < 4.78 is 0. The summed E-state index contributed by atoms with van der Waals surface area (Å²) in [5.41, 5.74) is 1.53. The van der Waals surface area contributed by atoms with Crippen molar-refractivity contribution in [3.63, 3.8) is 0 Å². The fraction of sp³-hybridized carbons (Fsp3) is 0.500. The number of anilines is 1. The van der Waals surface area contributed by atoms with Gasteiger partial charge in [-0.1, -0.05) is 0 Å². The Bertz CT molecular complexity index is 396. The van der Waals surface area contributed by atoms with Crippen molar-refractivity contribution in [3.8, 4) is 0 Å². The Kier molecular flexibility index (Phi) is 5.37. The zero-order valence-electron chi connectivity index (χ0n) is 10.6. The highest BCUT2D eigenvalue weighted by Crippen LogP contribution is 2.17. The molecule has 1 aromatic heterocycles. The molecule has 2 heterocycles. The van der Waals surface area contributed by atoms with Gasteiger partial charge in [-0.05, 0) is 19.1 Å². The molecule has 2 rings (SSSR count). The van der Waals surface area contributed by atoms with Gasteiger partial charge >= 0.3 is 0 Å². The second-order valence-electron chi connectivity index (χ2n) is 4.23. The number of rotatable bonds is 2. The van der Waals surface area contributed by atoms with Crippen LogP contribution in [0.25, 0.3) is 0 Å². The summed E-state index contributed by atoms with van der Waals surface area (Å²) in [5.74, 6) is -0.148. The monoisotopic (exact) mass is 270 g/mol. The standard InChI is InChI=1S/C12H18N4O.ClH/c1-9-7-14-5-6-16(9)10-3-4-11(15-8-10)12(17)13-2;/h3-4,8-9,14H,5-7H2,1-2H3,(H,13,17);1H/t9-;/m1./s1. The zero-order valence-corrected chi connectivity index (χ0v) is 11.5. The fourth-order valence-corrected chi connectivity index (χ4v) is 2.04. The van der Waals surface area contributed by atoms with Gasteiger partial charge in [0.25, 0.3) is 5.91 Å². The summed E-state index contributed by atoms with van der Waals surface area (Å²) in [5, 5.41) is 5.91. The number of aromatic nitrogens is 1. The molecule has 1 aliphatic rings. The van der Waals surface area contributed by atoms with Crippen LogP contribution in [0.15, 0.2) is 18.3 Å². The van der Waals surface area contributed by atoms with Crippen molar-refractivity contribution >= 4 is 24.0 Å². The van der Waals surface area contributed by atoms with E-state index in [2.05, 4.69) is 27.4 Å². The molecular formula is C12H19ClN4O. The highest BCUT2D eigenvalue weighted by Gasteiger charge is 2.18. The molecule has 18 heavy (non-hydrogen) atoms. The number of halogens is 1. The lowest BCUT2D eigenvalue weighted by atomic mass is 10.2. The van der Waals surface area contributed by atoms with Crippen molar-refractivity contribution in [1.29, 1.82) is 0 Å². The Morgan fingerprint density at radius 2 is 2.33 bits per heavy atom. The molecule has 5 nitrogen and oxygen atoms in total. The van der Waals surface area contributed by atoms with Gasteiger partial charge in [-0.15, -0.1) is 12.4 Å². The van der Waals surface area contributed by atoms with Crippen molar-refractivity contribution in [3.05, 3.63) is 24.0 Å². The molecule has 0 saturated carbocycles. The van der Waals surface area contributed by atoms with Gasteiger partial charge in [0.2, 0.25) is 0 Å². The van der Waals surface area contributed by atoms with Crippen LogP contribution >= 0.6 is 12.4 Å². The Morgan fingerprint density at radius 3 is 2.89 bits per heavy atom. The van der Waals surface area contributed by atoms with E-state index in [0.29, 0.717) is 11.7 Å². The van der Waals surface area contributed by atoms with Crippen LogP contribution in [0.5, 0.6) is 0 Å². The molecule has 1 atom stereocenters. The van der Waals surface area contributed by atoms with Gasteiger partial charge in [-0.2, -0.15) is 0 Å². The summed E-state index contributed by atoms with van der Waals surface area (Å²) in [6, 6.07) is 4.18. The van der Waals surface area contributed by atoms with E-state index < -0.39 is 0 Å². The van der Waals surface area contributed by atoms with Gasteiger partial charge in [0.1, 0.15) is 5.69 Å². The lowest BCUT2D eigenvalue weighted by Crippen LogP contribution is -2.50. The van der Waals surface area contributed by atoms with Crippen molar-refractivity contribution < 1.29 is 4.79 Å². The highest BCUT2D eigenvalue weighted by molar-refractivity contribution is 5.92. The number of pyridine rings is 1. The normalized spacial score (nSPS) is 19.0. The third-order valence-electron chi connectivity index (χ3n) is 3.04. The van der Waals surface area contributed by atoms with Crippen LogP contribution in [0.3, 0.4) is 0 Å². The molecule has 1 aliphatic heterocycles. The molecule has 1 amide bonds. The first-order valence-corrected chi connectivity index (χ1v) is 5.88. The second kappa shape index (κ2) is 6.56. The minimum atomic E-state index is -0.148. The summed E-state index contributed by atoms with van der Waals surface area (Å²) in [4.78, 5) is 17.9. The molecule has 0 bridgehead atoms. The van der Waals surface area contributed by atoms with Crippen LogP contribution in [-0.4, -0.2) is 43.6 Å². The topological polar surface area (TPSA) is 57.3 Å². The van der Waals surface area contributed by atoms with E-state index >= 15 is 0 Å². The van der Waals surface area contributed by atoms with E-state index in [9.17, 15) is 4.79 Å². The van der Waals surface area contributed by atoms with Crippen LogP contribution in [0.2, 0.25) is 0 Å². The number of hydrogen-bond acceptors (Lipinski definition) is 4. The minimum absolute atomic E-state index is 0. The molecule has 0 spiro atoms. The van der Waals surface area contributed by atoms with E-state index in [1.54, 1.807) is 19.3 Å². The minimum Gasteiger partial charge on any atom is -0.365 e.